The third-order valence-corrected chi connectivity index (χ3v) is 4.58. The second kappa shape index (κ2) is 6.16. The van der Waals surface area contributed by atoms with Crippen molar-refractivity contribution in [3.63, 3.8) is 0 Å². The quantitative estimate of drug-likeness (QED) is 0.867. The zero-order chi connectivity index (χ0) is 16.4. The van der Waals surface area contributed by atoms with Crippen molar-refractivity contribution in [2.24, 2.45) is 7.05 Å². The Morgan fingerprint density at radius 2 is 1.83 bits per heavy atom. The van der Waals surface area contributed by atoms with Crippen molar-refractivity contribution in [1.29, 1.82) is 0 Å². The van der Waals surface area contributed by atoms with Gasteiger partial charge in [0, 0.05) is 39.4 Å². The molecule has 1 aromatic heterocycles. The van der Waals surface area contributed by atoms with Crippen molar-refractivity contribution >= 4 is 5.91 Å². The minimum Gasteiger partial charge on any atom is -0.335 e. The van der Waals surface area contributed by atoms with Gasteiger partial charge in [0.1, 0.15) is 0 Å². The smallest absolute Gasteiger partial charge is 0.242 e. The van der Waals surface area contributed by atoms with Gasteiger partial charge >= 0.3 is 0 Å². The Balaban J connectivity index is 1.70. The van der Waals surface area contributed by atoms with Crippen LogP contribution >= 0.6 is 0 Å². The molecule has 1 aliphatic rings. The molecule has 3 rings (SSSR count). The van der Waals surface area contributed by atoms with Crippen LogP contribution in [-0.2, 0) is 24.9 Å². The number of aromatic nitrogens is 2. The predicted octanol–water partition coefficient (Wildman–Crippen LogP) is 2.04. The van der Waals surface area contributed by atoms with Gasteiger partial charge in [0.25, 0.3) is 0 Å². The fraction of sp³-hybridized carbons (Fsp3) is 0.444. The molecule has 5 nitrogen and oxygen atoms in total. The first-order valence-electron chi connectivity index (χ1n) is 8.04. The molecule has 0 radical (unpaired) electrons. The molecular formula is C18H24N4O. The van der Waals surface area contributed by atoms with E-state index in [1.165, 1.54) is 5.56 Å². The molecule has 5 heteroatoms. The highest BCUT2D eigenvalue weighted by Gasteiger charge is 2.41. The van der Waals surface area contributed by atoms with Gasteiger partial charge in [-0.05, 0) is 25.5 Å². The highest BCUT2D eigenvalue weighted by Crippen LogP contribution is 2.25. The Bertz CT molecular complexity index is 677. The van der Waals surface area contributed by atoms with E-state index in [-0.39, 0.29) is 5.91 Å². The van der Waals surface area contributed by atoms with Gasteiger partial charge in [-0.25, -0.2) is 0 Å². The Morgan fingerprint density at radius 3 is 2.48 bits per heavy atom. The van der Waals surface area contributed by atoms with Crippen molar-refractivity contribution in [3.05, 3.63) is 53.9 Å². The molecule has 1 aliphatic heterocycles. The van der Waals surface area contributed by atoms with E-state index in [0.29, 0.717) is 13.1 Å². The van der Waals surface area contributed by atoms with Crippen molar-refractivity contribution < 1.29 is 4.79 Å². The molecule has 0 aliphatic carbocycles. The highest BCUT2D eigenvalue weighted by atomic mass is 16.2. The predicted molar refractivity (Wildman–Crippen MR) is 89.6 cm³/mol. The lowest BCUT2D eigenvalue weighted by molar-refractivity contribution is -0.150. The Labute approximate surface area is 137 Å². The van der Waals surface area contributed by atoms with Gasteiger partial charge in [0.2, 0.25) is 5.91 Å². The van der Waals surface area contributed by atoms with Gasteiger partial charge in [-0.1, -0.05) is 30.3 Å². The summed E-state index contributed by atoms with van der Waals surface area (Å²) in [5, 5.41) is 4.43. The summed E-state index contributed by atoms with van der Waals surface area (Å²) < 4.78 is 1.80. The van der Waals surface area contributed by atoms with Gasteiger partial charge in [-0.15, -0.1) is 0 Å². The molecular weight excluding hydrogens is 288 g/mol. The number of aryl methyl sites for hydroxylation is 1. The number of hydrogen-bond acceptors (Lipinski definition) is 3. The van der Waals surface area contributed by atoms with Crippen molar-refractivity contribution in [2.75, 3.05) is 13.1 Å². The number of hydrogen-bond donors (Lipinski definition) is 0. The summed E-state index contributed by atoms with van der Waals surface area (Å²) in [6.45, 7) is 7.02. The first-order valence-corrected chi connectivity index (χ1v) is 8.04. The molecule has 0 bridgehead atoms. The SMILES string of the molecule is Cn1ccc(CN2CCN(Cc3ccccc3)C(=O)C2(C)C)n1. The fourth-order valence-corrected chi connectivity index (χ4v) is 3.12. The van der Waals surface area contributed by atoms with E-state index in [9.17, 15) is 4.79 Å². The number of amides is 1. The normalized spacial score (nSPS) is 18.4. The second-order valence-electron chi connectivity index (χ2n) is 6.67. The van der Waals surface area contributed by atoms with Crippen LogP contribution in [0.15, 0.2) is 42.6 Å². The molecule has 1 aromatic carbocycles. The Hall–Kier alpha value is -2.14. The molecule has 2 aromatic rings. The Kier molecular flexibility index (Phi) is 4.22. The van der Waals surface area contributed by atoms with Crippen LogP contribution in [0.5, 0.6) is 0 Å². The van der Waals surface area contributed by atoms with E-state index >= 15 is 0 Å². The van der Waals surface area contributed by atoms with Crippen LogP contribution in [0.4, 0.5) is 0 Å². The van der Waals surface area contributed by atoms with Crippen LogP contribution in [0.25, 0.3) is 0 Å². The summed E-state index contributed by atoms with van der Waals surface area (Å²) in [4.78, 5) is 17.1. The van der Waals surface area contributed by atoms with E-state index in [1.807, 2.05) is 56.3 Å². The van der Waals surface area contributed by atoms with E-state index in [0.717, 1.165) is 18.8 Å². The zero-order valence-electron chi connectivity index (χ0n) is 14.1. The summed E-state index contributed by atoms with van der Waals surface area (Å²) in [6, 6.07) is 12.2. The van der Waals surface area contributed by atoms with Gasteiger partial charge in [-0.2, -0.15) is 5.10 Å². The lowest BCUT2D eigenvalue weighted by atomic mass is 9.96. The van der Waals surface area contributed by atoms with Crippen LogP contribution < -0.4 is 0 Å². The minimum atomic E-state index is -0.509. The summed E-state index contributed by atoms with van der Waals surface area (Å²) in [5.74, 6) is 0.184. The topological polar surface area (TPSA) is 41.4 Å². The third-order valence-electron chi connectivity index (χ3n) is 4.58. The van der Waals surface area contributed by atoms with Crippen LogP contribution in [0.1, 0.15) is 25.1 Å². The number of piperazine rings is 1. The number of carbonyl (C=O) groups is 1. The standard InChI is InChI=1S/C18H24N4O/c1-18(2)17(23)21(13-15-7-5-4-6-8-15)11-12-22(18)14-16-9-10-20(3)19-16/h4-10H,11-14H2,1-3H3. The lowest BCUT2D eigenvalue weighted by Gasteiger charge is -2.45. The van der Waals surface area contributed by atoms with Crippen LogP contribution in [-0.4, -0.2) is 44.1 Å². The van der Waals surface area contributed by atoms with Crippen molar-refractivity contribution in [1.82, 2.24) is 19.6 Å². The van der Waals surface area contributed by atoms with Gasteiger partial charge < -0.3 is 4.90 Å². The fourth-order valence-electron chi connectivity index (χ4n) is 3.12. The van der Waals surface area contributed by atoms with E-state index in [4.69, 9.17) is 0 Å². The molecule has 0 unspecified atom stereocenters. The molecule has 23 heavy (non-hydrogen) atoms. The van der Waals surface area contributed by atoms with E-state index in [2.05, 4.69) is 22.1 Å². The number of benzene rings is 1. The Morgan fingerprint density at radius 1 is 1.09 bits per heavy atom. The van der Waals surface area contributed by atoms with Crippen molar-refractivity contribution in [2.45, 2.75) is 32.5 Å². The second-order valence-corrected chi connectivity index (χ2v) is 6.67. The third kappa shape index (κ3) is 3.29. The molecule has 2 heterocycles. The van der Waals surface area contributed by atoms with E-state index in [1.54, 1.807) is 4.68 Å². The van der Waals surface area contributed by atoms with Gasteiger partial charge in [0.15, 0.2) is 0 Å². The maximum absolute atomic E-state index is 12.9. The monoisotopic (exact) mass is 312 g/mol. The largest absolute Gasteiger partial charge is 0.335 e. The van der Waals surface area contributed by atoms with E-state index < -0.39 is 5.54 Å². The van der Waals surface area contributed by atoms with Crippen LogP contribution in [0.3, 0.4) is 0 Å². The summed E-state index contributed by atoms with van der Waals surface area (Å²) in [7, 11) is 1.91. The van der Waals surface area contributed by atoms with Gasteiger partial charge in [-0.3, -0.25) is 14.4 Å². The van der Waals surface area contributed by atoms with Crippen LogP contribution in [0.2, 0.25) is 0 Å². The highest BCUT2D eigenvalue weighted by molar-refractivity contribution is 5.86. The summed E-state index contributed by atoms with van der Waals surface area (Å²) in [6.07, 6.45) is 1.94. The molecule has 0 saturated carbocycles. The summed E-state index contributed by atoms with van der Waals surface area (Å²) in [5.41, 5.74) is 1.67. The maximum Gasteiger partial charge on any atom is 0.242 e. The molecule has 0 spiro atoms. The zero-order valence-corrected chi connectivity index (χ0v) is 14.1. The average Bonchev–Trinajstić information content (AvgIpc) is 2.94. The molecule has 122 valence electrons. The first kappa shape index (κ1) is 15.7. The van der Waals surface area contributed by atoms with Crippen LogP contribution in [0, 0.1) is 0 Å². The molecule has 0 N–H and O–H groups in total. The average molecular weight is 312 g/mol. The number of carbonyl (C=O) groups excluding carboxylic acids is 1. The number of nitrogens with zero attached hydrogens (tertiary/aromatic N) is 4. The molecule has 1 fully saturated rings. The maximum atomic E-state index is 12.9. The number of rotatable bonds is 4. The molecule has 1 amide bonds. The molecule has 1 saturated heterocycles. The molecule has 0 atom stereocenters. The lowest BCUT2D eigenvalue weighted by Crippen LogP contribution is -2.62. The first-order chi connectivity index (χ1) is 11.0. The summed E-state index contributed by atoms with van der Waals surface area (Å²) >= 11 is 0. The van der Waals surface area contributed by atoms with Gasteiger partial charge in [0.05, 0.1) is 11.2 Å². The van der Waals surface area contributed by atoms with Crippen molar-refractivity contribution in [3.8, 4) is 0 Å². The minimum absolute atomic E-state index is 0.184.